The average Bonchev–Trinajstić information content (AvgIpc) is 3.10. The summed E-state index contributed by atoms with van der Waals surface area (Å²) in [6.45, 7) is 2.20. The van der Waals surface area contributed by atoms with Gasteiger partial charge < -0.3 is 19.7 Å². The summed E-state index contributed by atoms with van der Waals surface area (Å²) in [6.07, 6.45) is 6.26. The van der Waals surface area contributed by atoms with E-state index in [1.807, 2.05) is 7.05 Å². The highest BCUT2D eigenvalue weighted by molar-refractivity contribution is 5.90. The number of hydrogen-bond donors (Lipinski definition) is 2. The number of aliphatic hydroxyl groups is 1. The fourth-order valence-electron chi connectivity index (χ4n) is 2.86. The van der Waals surface area contributed by atoms with Gasteiger partial charge in [0.1, 0.15) is 24.0 Å². The summed E-state index contributed by atoms with van der Waals surface area (Å²) in [5, 5.41) is 13.4. The third-order valence-electron chi connectivity index (χ3n) is 3.90. The van der Waals surface area contributed by atoms with Crippen molar-refractivity contribution in [3.05, 3.63) is 18.1 Å². The van der Waals surface area contributed by atoms with Crippen molar-refractivity contribution in [2.45, 2.75) is 38.5 Å². The lowest BCUT2D eigenvalue weighted by atomic mass is 10.2. The van der Waals surface area contributed by atoms with Crippen LogP contribution in [0.5, 0.6) is 0 Å². The van der Waals surface area contributed by atoms with E-state index in [0.717, 1.165) is 36.1 Å². The smallest absolute Gasteiger partial charge is 0.147 e. The number of aromatic nitrogens is 3. The van der Waals surface area contributed by atoms with Crippen LogP contribution in [-0.4, -0.2) is 39.4 Å². The average molecular weight is 276 g/mol. The van der Waals surface area contributed by atoms with Gasteiger partial charge in [-0.3, -0.25) is 0 Å². The first kappa shape index (κ1) is 13.3. The van der Waals surface area contributed by atoms with Crippen molar-refractivity contribution in [3.63, 3.8) is 0 Å². The summed E-state index contributed by atoms with van der Waals surface area (Å²) in [5.41, 5.74) is 2.10. The normalized spacial score (nSPS) is 22.6. The van der Waals surface area contributed by atoms with Gasteiger partial charge in [0.05, 0.1) is 18.1 Å². The van der Waals surface area contributed by atoms with Gasteiger partial charge in [-0.2, -0.15) is 0 Å². The Morgan fingerprint density at radius 1 is 1.45 bits per heavy atom. The maximum atomic E-state index is 9.21. The first-order valence-corrected chi connectivity index (χ1v) is 7.07. The monoisotopic (exact) mass is 276 g/mol. The lowest BCUT2D eigenvalue weighted by Gasteiger charge is -2.14. The molecule has 2 aromatic rings. The van der Waals surface area contributed by atoms with E-state index in [2.05, 4.69) is 33.0 Å². The number of aliphatic hydroxyl groups excluding tert-OH is 1. The Kier molecular flexibility index (Phi) is 3.58. The molecule has 1 saturated heterocycles. The molecule has 1 aliphatic heterocycles. The Bertz CT molecular complexity index is 610. The number of nitrogens with zero attached hydrogens (tertiary/aromatic N) is 3. The van der Waals surface area contributed by atoms with Crippen LogP contribution < -0.4 is 5.32 Å². The minimum Gasteiger partial charge on any atom is -0.394 e. The van der Waals surface area contributed by atoms with Crippen LogP contribution in [-0.2, 0) is 11.2 Å². The second kappa shape index (κ2) is 5.38. The Morgan fingerprint density at radius 3 is 2.95 bits per heavy atom. The standard InChI is InChI=1S/C14H20N4O2/c1-3-9-6-18(11-5-4-10(7-19)20-11)14-12(9)13(15-2)16-8-17-14/h6,8,10-11,19H,3-5,7H2,1-2H3,(H,15,16,17). The number of rotatable bonds is 4. The quantitative estimate of drug-likeness (QED) is 0.889. The summed E-state index contributed by atoms with van der Waals surface area (Å²) in [6, 6.07) is 0. The van der Waals surface area contributed by atoms with Gasteiger partial charge in [-0.15, -0.1) is 0 Å². The second-order valence-electron chi connectivity index (χ2n) is 5.06. The van der Waals surface area contributed by atoms with Crippen molar-refractivity contribution in [1.82, 2.24) is 14.5 Å². The Balaban J connectivity index is 2.08. The highest BCUT2D eigenvalue weighted by atomic mass is 16.5. The number of ether oxygens (including phenoxy) is 1. The predicted molar refractivity (Wildman–Crippen MR) is 76.7 cm³/mol. The van der Waals surface area contributed by atoms with Crippen molar-refractivity contribution >= 4 is 16.9 Å². The van der Waals surface area contributed by atoms with E-state index in [9.17, 15) is 5.11 Å². The lowest BCUT2D eigenvalue weighted by Crippen LogP contribution is -2.14. The molecular formula is C14H20N4O2. The van der Waals surface area contributed by atoms with E-state index < -0.39 is 0 Å². The van der Waals surface area contributed by atoms with Gasteiger partial charge in [0.15, 0.2) is 0 Å². The number of nitrogens with one attached hydrogen (secondary N) is 1. The topological polar surface area (TPSA) is 72.2 Å². The predicted octanol–water partition coefficient (Wildman–Crippen LogP) is 1.71. The van der Waals surface area contributed by atoms with Gasteiger partial charge in [0.25, 0.3) is 0 Å². The van der Waals surface area contributed by atoms with Crippen molar-refractivity contribution < 1.29 is 9.84 Å². The van der Waals surface area contributed by atoms with Crippen molar-refractivity contribution in [1.29, 1.82) is 0 Å². The molecule has 0 spiro atoms. The maximum absolute atomic E-state index is 9.21. The van der Waals surface area contributed by atoms with E-state index in [1.54, 1.807) is 6.33 Å². The minimum atomic E-state index is -0.0619. The molecule has 0 radical (unpaired) electrons. The first-order chi connectivity index (χ1) is 9.78. The van der Waals surface area contributed by atoms with Crippen LogP contribution in [0, 0.1) is 0 Å². The fraction of sp³-hybridized carbons (Fsp3) is 0.571. The number of hydrogen-bond acceptors (Lipinski definition) is 5. The van der Waals surface area contributed by atoms with E-state index in [4.69, 9.17) is 4.74 Å². The molecule has 0 aromatic carbocycles. The molecule has 0 bridgehead atoms. The first-order valence-electron chi connectivity index (χ1n) is 7.07. The molecule has 1 fully saturated rings. The number of anilines is 1. The molecule has 2 aromatic heterocycles. The molecule has 1 aliphatic rings. The van der Waals surface area contributed by atoms with Gasteiger partial charge in [0.2, 0.25) is 0 Å². The van der Waals surface area contributed by atoms with Gasteiger partial charge in [-0.1, -0.05) is 6.92 Å². The van der Waals surface area contributed by atoms with Gasteiger partial charge in [0, 0.05) is 13.2 Å². The van der Waals surface area contributed by atoms with Crippen molar-refractivity contribution in [2.24, 2.45) is 0 Å². The molecule has 0 saturated carbocycles. The molecule has 3 rings (SSSR count). The molecular weight excluding hydrogens is 256 g/mol. The number of fused-ring (bicyclic) bond motifs is 1. The zero-order valence-corrected chi connectivity index (χ0v) is 11.8. The number of aryl methyl sites for hydroxylation is 1. The van der Waals surface area contributed by atoms with Gasteiger partial charge in [-0.05, 0) is 24.8 Å². The molecule has 6 heteroatoms. The maximum Gasteiger partial charge on any atom is 0.147 e. The fourth-order valence-corrected chi connectivity index (χ4v) is 2.86. The Labute approximate surface area is 117 Å². The lowest BCUT2D eigenvalue weighted by molar-refractivity contribution is -0.0205. The van der Waals surface area contributed by atoms with Crippen molar-refractivity contribution in [2.75, 3.05) is 19.0 Å². The zero-order chi connectivity index (χ0) is 14.1. The van der Waals surface area contributed by atoms with E-state index >= 15 is 0 Å². The third-order valence-corrected chi connectivity index (χ3v) is 3.90. The molecule has 2 atom stereocenters. The highest BCUT2D eigenvalue weighted by Crippen LogP contribution is 2.34. The van der Waals surface area contributed by atoms with Crippen LogP contribution >= 0.6 is 0 Å². The van der Waals surface area contributed by atoms with E-state index in [0.29, 0.717) is 0 Å². The highest BCUT2D eigenvalue weighted by Gasteiger charge is 2.28. The third kappa shape index (κ3) is 2.05. The SMILES string of the molecule is CCc1cn(C2CCC(CO)O2)c2ncnc(NC)c12. The summed E-state index contributed by atoms with van der Waals surface area (Å²) < 4.78 is 7.94. The molecule has 6 nitrogen and oxygen atoms in total. The summed E-state index contributed by atoms with van der Waals surface area (Å²) >= 11 is 0. The molecule has 0 amide bonds. The van der Waals surface area contributed by atoms with E-state index in [1.165, 1.54) is 5.56 Å². The van der Waals surface area contributed by atoms with Crippen molar-refractivity contribution in [3.8, 4) is 0 Å². The summed E-state index contributed by atoms with van der Waals surface area (Å²) in [4.78, 5) is 8.71. The van der Waals surface area contributed by atoms with Crippen LogP contribution in [0.15, 0.2) is 12.5 Å². The Hall–Kier alpha value is -1.66. The van der Waals surface area contributed by atoms with Crippen LogP contribution in [0.25, 0.3) is 11.0 Å². The van der Waals surface area contributed by atoms with Crippen LogP contribution in [0.1, 0.15) is 31.6 Å². The second-order valence-corrected chi connectivity index (χ2v) is 5.06. The summed E-state index contributed by atoms with van der Waals surface area (Å²) in [5.74, 6) is 0.849. The molecule has 2 unspecified atom stereocenters. The van der Waals surface area contributed by atoms with Gasteiger partial charge >= 0.3 is 0 Å². The molecule has 0 aliphatic carbocycles. The zero-order valence-electron chi connectivity index (χ0n) is 11.8. The van der Waals surface area contributed by atoms with Crippen LogP contribution in [0.4, 0.5) is 5.82 Å². The largest absolute Gasteiger partial charge is 0.394 e. The van der Waals surface area contributed by atoms with E-state index in [-0.39, 0.29) is 18.9 Å². The molecule has 20 heavy (non-hydrogen) atoms. The molecule has 3 heterocycles. The summed E-state index contributed by atoms with van der Waals surface area (Å²) in [7, 11) is 1.87. The van der Waals surface area contributed by atoms with Crippen LogP contribution in [0.3, 0.4) is 0 Å². The van der Waals surface area contributed by atoms with Gasteiger partial charge in [-0.25, -0.2) is 9.97 Å². The minimum absolute atomic E-state index is 0.0467. The van der Waals surface area contributed by atoms with Crippen LogP contribution in [0.2, 0.25) is 0 Å². The molecule has 108 valence electrons. The molecule has 2 N–H and O–H groups in total. The Morgan fingerprint density at radius 2 is 2.30 bits per heavy atom.